The Hall–Kier alpha value is -0.510. The highest BCUT2D eigenvalue weighted by Gasteiger charge is 2.51. The second-order valence-corrected chi connectivity index (χ2v) is 15.9. The molecule has 222 valence electrons. The first-order valence-corrected chi connectivity index (χ1v) is 18.0. The fourth-order valence-electron chi connectivity index (χ4n) is 7.74. The maximum atomic E-state index is 13.1. The molecule has 0 spiro atoms. The van der Waals surface area contributed by atoms with Crippen LogP contribution in [0.1, 0.15) is 38.5 Å². The van der Waals surface area contributed by atoms with Gasteiger partial charge in [-0.05, 0) is 43.3 Å². The molecule has 13 heteroatoms. The molecule has 0 radical (unpaired) electrons. The van der Waals surface area contributed by atoms with Crippen molar-refractivity contribution >= 4 is 47.2 Å². The van der Waals surface area contributed by atoms with Gasteiger partial charge in [-0.15, -0.1) is 23.5 Å². The minimum Gasteiger partial charge on any atom is -0.378 e. The van der Waals surface area contributed by atoms with Gasteiger partial charge in [0.1, 0.15) is 0 Å². The number of hydrogen-bond acceptors (Lipinski definition) is 11. The predicted octanol–water partition coefficient (Wildman–Crippen LogP) is -0.348. The van der Waals surface area contributed by atoms with Crippen molar-refractivity contribution in [3.05, 3.63) is 11.1 Å². The molecule has 1 saturated carbocycles. The van der Waals surface area contributed by atoms with Crippen molar-refractivity contribution in [1.82, 2.24) is 30.9 Å². The lowest BCUT2D eigenvalue weighted by atomic mass is 9.83. The molecule has 8 N–H and O–H groups in total. The Morgan fingerprint density at radius 1 is 1.10 bits per heavy atom. The molecule has 7 aliphatic rings. The number of nitrogens with one attached hydrogen (secondary N) is 5. The van der Waals surface area contributed by atoms with Gasteiger partial charge in [0.25, 0.3) is 0 Å². The number of nitrogens with zero attached hydrogens (tertiary/aromatic N) is 1. The van der Waals surface area contributed by atoms with Crippen LogP contribution in [0.2, 0.25) is 0 Å². The maximum Gasteiger partial charge on any atom is 0.226 e. The largest absolute Gasteiger partial charge is 0.378 e. The van der Waals surface area contributed by atoms with Crippen LogP contribution in [0.5, 0.6) is 0 Å². The second kappa shape index (κ2) is 12.2. The lowest BCUT2D eigenvalue weighted by Gasteiger charge is -2.42. The summed E-state index contributed by atoms with van der Waals surface area (Å²) in [6, 6.07) is 1.24. The van der Waals surface area contributed by atoms with Gasteiger partial charge in [-0.2, -0.15) is 0 Å². The molecule has 0 aromatic carbocycles. The van der Waals surface area contributed by atoms with E-state index in [1.807, 2.05) is 29.6 Å². The van der Waals surface area contributed by atoms with Crippen molar-refractivity contribution in [3.8, 4) is 0 Å². The molecule has 6 fully saturated rings. The summed E-state index contributed by atoms with van der Waals surface area (Å²) in [5.41, 5.74) is 4.42. The van der Waals surface area contributed by atoms with E-state index in [1.54, 1.807) is 11.9 Å². The average molecular weight is 611 g/mol. The van der Waals surface area contributed by atoms with Crippen molar-refractivity contribution in [3.63, 3.8) is 0 Å². The molecule has 11 atom stereocenters. The molecule has 0 aromatic rings. The second-order valence-electron chi connectivity index (χ2n) is 12.5. The summed E-state index contributed by atoms with van der Waals surface area (Å²) in [6.45, 7) is 3.95. The van der Waals surface area contributed by atoms with Crippen LogP contribution in [-0.2, 0) is 14.3 Å². The normalized spacial score (nSPS) is 45.7. The number of carbonyl (C=O) groups is 2. The number of morpholine rings is 1. The Labute approximate surface area is 249 Å². The maximum absolute atomic E-state index is 13.1. The molecule has 6 heterocycles. The first-order chi connectivity index (χ1) is 19.5. The topological polar surface area (TPSA) is 134 Å². The van der Waals surface area contributed by atoms with E-state index in [2.05, 4.69) is 36.6 Å². The van der Waals surface area contributed by atoms with Gasteiger partial charge in [0.15, 0.2) is 5.78 Å². The van der Waals surface area contributed by atoms with Gasteiger partial charge in [-0.3, -0.25) is 30.3 Å². The zero-order valence-corrected chi connectivity index (χ0v) is 25.5. The van der Waals surface area contributed by atoms with Crippen molar-refractivity contribution in [1.29, 1.82) is 0 Å². The highest BCUT2D eigenvalue weighted by atomic mass is 32.2. The molecule has 10 nitrogen and oxygen atoms in total. The molecular weight excluding hydrogens is 567 g/mol. The number of ether oxygens (including phenoxy) is 1. The van der Waals surface area contributed by atoms with Crippen LogP contribution in [0.3, 0.4) is 0 Å². The molecule has 7 rings (SSSR count). The molecule has 0 bridgehead atoms. The first kappa shape index (κ1) is 28.3. The quantitative estimate of drug-likeness (QED) is 0.221. The van der Waals surface area contributed by atoms with Crippen LogP contribution in [0.4, 0.5) is 0 Å². The number of carbonyl (C=O) groups excluding carboxylic acids is 2. The van der Waals surface area contributed by atoms with E-state index < -0.39 is 0 Å². The smallest absolute Gasteiger partial charge is 0.226 e. The van der Waals surface area contributed by atoms with E-state index in [0.29, 0.717) is 35.2 Å². The summed E-state index contributed by atoms with van der Waals surface area (Å²) in [6.07, 6.45) is 8.91. The third-order valence-electron chi connectivity index (χ3n) is 9.98. The SMILES string of the molecule is [NH3+][C@@H]1CCCC[C@@H]1NC1CC2CNC(=O)C2C(NC2CC(C3CSC4C(=O)C=C(N5CCOCC5)SC43)NS2)N1. The monoisotopic (exact) mass is 610 g/mol. The number of ketones is 1. The highest BCUT2D eigenvalue weighted by Crippen LogP contribution is 2.49. The molecule has 40 heavy (non-hydrogen) atoms. The summed E-state index contributed by atoms with van der Waals surface area (Å²) < 4.78 is 9.28. The highest BCUT2D eigenvalue weighted by molar-refractivity contribution is 8.07. The van der Waals surface area contributed by atoms with Crippen LogP contribution in [0, 0.1) is 17.8 Å². The fraction of sp³-hybridized carbons (Fsp3) is 0.852. The Bertz CT molecular complexity index is 1000. The number of thioether (sulfide) groups is 2. The van der Waals surface area contributed by atoms with E-state index in [9.17, 15) is 9.59 Å². The third-order valence-corrected chi connectivity index (χ3v) is 14.2. The van der Waals surface area contributed by atoms with Crippen LogP contribution < -0.4 is 31.7 Å². The lowest BCUT2D eigenvalue weighted by molar-refractivity contribution is -0.431. The summed E-state index contributed by atoms with van der Waals surface area (Å²) in [4.78, 5) is 28.3. The first-order valence-electron chi connectivity index (χ1n) is 15.2. The summed E-state index contributed by atoms with van der Waals surface area (Å²) in [5.74, 6) is 2.19. The van der Waals surface area contributed by atoms with Crippen molar-refractivity contribution in [2.24, 2.45) is 17.8 Å². The summed E-state index contributed by atoms with van der Waals surface area (Å²) >= 11 is 5.52. The zero-order valence-electron chi connectivity index (χ0n) is 23.0. The van der Waals surface area contributed by atoms with E-state index >= 15 is 0 Å². The predicted molar refractivity (Wildman–Crippen MR) is 160 cm³/mol. The Kier molecular flexibility index (Phi) is 8.65. The van der Waals surface area contributed by atoms with Crippen LogP contribution in [0.15, 0.2) is 11.1 Å². The number of amides is 1. The van der Waals surface area contributed by atoms with Crippen LogP contribution >= 0.6 is 35.5 Å². The van der Waals surface area contributed by atoms with Gasteiger partial charge < -0.3 is 20.7 Å². The number of piperidine rings is 1. The number of quaternary nitrogens is 1. The molecule has 1 aliphatic carbocycles. The van der Waals surface area contributed by atoms with Gasteiger partial charge in [0.2, 0.25) is 5.91 Å². The Morgan fingerprint density at radius 3 is 2.80 bits per heavy atom. The van der Waals surface area contributed by atoms with E-state index in [0.717, 1.165) is 56.5 Å². The van der Waals surface area contributed by atoms with E-state index in [-0.39, 0.29) is 40.6 Å². The summed E-state index contributed by atoms with van der Waals surface area (Å²) in [5, 5.41) is 16.4. The Morgan fingerprint density at radius 2 is 1.95 bits per heavy atom. The van der Waals surface area contributed by atoms with Gasteiger partial charge in [0.05, 0.1) is 59.2 Å². The van der Waals surface area contributed by atoms with Crippen molar-refractivity contribution in [2.75, 3.05) is 38.6 Å². The molecular formula is C27H44N7O3S3+. The van der Waals surface area contributed by atoms with Crippen LogP contribution in [-0.4, -0.2) is 102 Å². The van der Waals surface area contributed by atoms with Gasteiger partial charge in [0, 0.05) is 43.4 Å². The minimum atomic E-state index is -0.0594. The summed E-state index contributed by atoms with van der Waals surface area (Å²) in [7, 11) is 0. The fourth-order valence-corrected chi connectivity index (χ4v) is 12.4. The molecule has 0 aromatic heterocycles. The standard InChI is InChI=1S/C27H43N7O3S3/c28-16-3-1-2-4-17(16)30-20-9-14-12-29-27(36)23(14)26(31-20)32-21-10-18(33-40-21)15-13-38-25-19(35)11-22(39-24(15)25)34-5-7-37-8-6-34/h11,14-18,20-21,23-26,30-33H,1-10,12-13,28H2,(H,29,36)/p+1/t14?,15?,16-,17+,18?,20?,21?,23?,24?,25?,26?/m1/s1. The average Bonchev–Trinajstić information content (AvgIpc) is 3.69. The molecule has 9 unspecified atom stereocenters. The molecule has 5 saturated heterocycles. The number of allylic oxidation sites excluding steroid dienone is 1. The van der Waals surface area contributed by atoms with Gasteiger partial charge in [-0.25, -0.2) is 0 Å². The molecule has 6 aliphatic heterocycles. The van der Waals surface area contributed by atoms with E-state index in [1.165, 1.54) is 25.7 Å². The Balaban J connectivity index is 0.985. The van der Waals surface area contributed by atoms with E-state index in [4.69, 9.17) is 4.74 Å². The molecule has 1 amide bonds. The number of rotatable bonds is 6. The van der Waals surface area contributed by atoms with Crippen molar-refractivity contribution in [2.45, 2.75) is 84.9 Å². The third kappa shape index (κ3) is 5.71. The van der Waals surface area contributed by atoms with Gasteiger partial charge >= 0.3 is 0 Å². The minimum absolute atomic E-state index is 0.0428. The lowest BCUT2D eigenvalue weighted by Crippen LogP contribution is -2.73. The van der Waals surface area contributed by atoms with Crippen molar-refractivity contribution < 1.29 is 20.1 Å². The number of hydrogen-bond donors (Lipinski definition) is 6. The number of fused-ring (bicyclic) bond motifs is 2. The zero-order chi connectivity index (χ0) is 27.2. The van der Waals surface area contributed by atoms with Gasteiger partial charge in [-0.1, -0.05) is 18.4 Å². The van der Waals surface area contributed by atoms with Crippen LogP contribution in [0.25, 0.3) is 0 Å².